The van der Waals surface area contributed by atoms with Crippen molar-refractivity contribution in [1.82, 2.24) is 29.3 Å². The fourth-order valence-electron chi connectivity index (χ4n) is 3.98. The Hall–Kier alpha value is -4.46. The minimum atomic E-state index is -4.50. The molecule has 0 amide bonds. The molecule has 11 nitrogen and oxygen atoms in total. The Bertz CT molecular complexity index is 1540. The molecule has 0 aliphatic rings. The molecule has 0 spiro atoms. The van der Waals surface area contributed by atoms with E-state index in [1.54, 1.807) is 32.2 Å². The van der Waals surface area contributed by atoms with Crippen LogP contribution in [-0.4, -0.2) is 60.9 Å². The normalized spacial score (nSPS) is 12.4. The lowest BCUT2D eigenvalue weighted by molar-refractivity contribution is -0.154. The molecule has 3 aromatic heterocycles. The number of alkyl halides is 3. The van der Waals surface area contributed by atoms with Crippen LogP contribution in [0.25, 0.3) is 33.9 Å². The predicted molar refractivity (Wildman–Crippen MR) is 136 cm³/mol. The Morgan fingerprint density at radius 3 is 2.31 bits per heavy atom. The van der Waals surface area contributed by atoms with E-state index in [1.807, 2.05) is 0 Å². The third kappa shape index (κ3) is 6.00. The topological polar surface area (TPSA) is 143 Å². The first kappa shape index (κ1) is 27.6. The number of aryl methyl sites for hydroxylation is 1. The zero-order valence-corrected chi connectivity index (χ0v) is 21.5. The molecule has 3 heterocycles. The summed E-state index contributed by atoms with van der Waals surface area (Å²) in [4.78, 5) is 26.3. The highest BCUT2D eigenvalue weighted by Gasteiger charge is 2.31. The number of rotatable bonds is 8. The predicted octanol–water partition coefficient (Wildman–Crippen LogP) is 2.99. The molecule has 1 atom stereocenters. The molecule has 0 saturated heterocycles. The van der Waals surface area contributed by atoms with E-state index in [-0.39, 0.29) is 35.0 Å². The third-order valence-corrected chi connectivity index (χ3v) is 5.97. The zero-order chi connectivity index (χ0) is 28.5. The van der Waals surface area contributed by atoms with Gasteiger partial charge in [0.05, 0.1) is 51.4 Å². The first-order valence-electron chi connectivity index (χ1n) is 11.6. The van der Waals surface area contributed by atoms with Crippen LogP contribution in [0.3, 0.4) is 0 Å². The van der Waals surface area contributed by atoms with Crippen LogP contribution >= 0.6 is 0 Å². The van der Waals surface area contributed by atoms with E-state index in [1.165, 1.54) is 42.1 Å². The average Bonchev–Trinajstić information content (AvgIpc) is 3.23. The highest BCUT2D eigenvalue weighted by molar-refractivity contribution is 5.73. The minimum absolute atomic E-state index is 0.0460. The van der Waals surface area contributed by atoms with Crippen molar-refractivity contribution in [2.45, 2.75) is 32.2 Å². The Kier molecular flexibility index (Phi) is 7.58. The van der Waals surface area contributed by atoms with Gasteiger partial charge in [-0.3, -0.25) is 9.48 Å². The molecule has 0 unspecified atom stereocenters. The molecule has 0 aliphatic heterocycles. The number of aromatic nitrogens is 6. The third-order valence-electron chi connectivity index (χ3n) is 5.97. The highest BCUT2D eigenvalue weighted by Crippen LogP contribution is 2.30. The summed E-state index contributed by atoms with van der Waals surface area (Å²) < 4.78 is 51.1. The van der Waals surface area contributed by atoms with E-state index >= 15 is 0 Å². The SMILES string of the molecule is COc1cc(OC)cc(-c2nc(-c3nc(-c4cnn(C[C@H](O)CC(F)(F)F)c4C)cnc3N)cn(C)c2=O)c1. The van der Waals surface area contributed by atoms with E-state index in [0.717, 1.165) is 0 Å². The summed E-state index contributed by atoms with van der Waals surface area (Å²) in [5.41, 5.74) is 8.02. The van der Waals surface area contributed by atoms with Crippen LogP contribution in [0.2, 0.25) is 0 Å². The number of methoxy groups -OCH3 is 2. The smallest absolute Gasteiger partial charge is 0.391 e. The van der Waals surface area contributed by atoms with Crippen molar-refractivity contribution in [1.29, 1.82) is 0 Å². The van der Waals surface area contributed by atoms with Gasteiger partial charge in [0, 0.05) is 36.1 Å². The van der Waals surface area contributed by atoms with Gasteiger partial charge in [0.1, 0.15) is 28.6 Å². The lowest BCUT2D eigenvalue weighted by Crippen LogP contribution is -2.24. The Labute approximate surface area is 220 Å². The summed E-state index contributed by atoms with van der Waals surface area (Å²) in [5, 5.41) is 13.9. The zero-order valence-electron chi connectivity index (χ0n) is 21.5. The van der Waals surface area contributed by atoms with E-state index in [2.05, 4.69) is 20.1 Å². The summed E-state index contributed by atoms with van der Waals surface area (Å²) in [7, 11) is 4.54. The molecule has 4 rings (SSSR count). The average molecular weight is 546 g/mol. The summed E-state index contributed by atoms with van der Waals surface area (Å²) in [6.07, 6.45) is -3.23. The van der Waals surface area contributed by atoms with E-state index in [9.17, 15) is 23.1 Å². The first-order chi connectivity index (χ1) is 18.4. The number of nitrogens with zero attached hydrogens (tertiary/aromatic N) is 6. The number of anilines is 1. The number of hydrogen-bond acceptors (Lipinski definition) is 9. The number of ether oxygens (including phenoxy) is 2. The Balaban J connectivity index is 1.75. The number of halogens is 3. The van der Waals surface area contributed by atoms with Crippen molar-refractivity contribution in [3.05, 3.63) is 52.8 Å². The fraction of sp³-hybridized carbons (Fsp3) is 0.320. The number of nitrogen functional groups attached to an aromatic ring is 1. The van der Waals surface area contributed by atoms with Gasteiger partial charge in [-0.25, -0.2) is 15.0 Å². The largest absolute Gasteiger partial charge is 0.497 e. The molecule has 0 radical (unpaired) electrons. The summed E-state index contributed by atoms with van der Waals surface area (Å²) in [6, 6.07) is 4.95. The molecule has 1 aromatic carbocycles. The van der Waals surface area contributed by atoms with Gasteiger partial charge in [-0.15, -0.1) is 0 Å². The first-order valence-corrected chi connectivity index (χ1v) is 11.6. The Morgan fingerprint density at radius 2 is 1.69 bits per heavy atom. The molecular weight excluding hydrogens is 519 g/mol. The molecule has 14 heteroatoms. The lowest BCUT2D eigenvalue weighted by atomic mass is 10.1. The van der Waals surface area contributed by atoms with Crippen LogP contribution in [0.5, 0.6) is 11.5 Å². The lowest BCUT2D eigenvalue weighted by Gasteiger charge is -2.14. The second-order valence-electron chi connectivity index (χ2n) is 8.78. The number of benzene rings is 1. The van der Waals surface area contributed by atoms with Crippen molar-refractivity contribution < 1.29 is 27.8 Å². The van der Waals surface area contributed by atoms with Gasteiger partial charge < -0.3 is 24.9 Å². The van der Waals surface area contributed by atoms with Gasteiger partial charge in [-0.1, -0.05) is 0 Å². The van der Waals surface area contributed by atoms with Crippen LogP contribution in [0.1, 0.15) is 12.1 Å². The standard InChI is InChI=1S/C25H26F3N7O4/c1-13-18(9-31-35(13)11-15(36)8-25(26,27)28)19-10-30-23(29)22(32-19)20-12-34(2)24(37)21(33-20)14-5-16(38-3)7-17(6-14)39-4/h5-7,9-10,12,15,36H,8,11H2,1-4H3,(H2,29,30)/t15-/m1/s1. The second-order valence-corrected chi connectivity index (χ2v) is 8.78. The second kappa shape index (κ2) is 10.7. The van der Waals surface area contributed by atoms with Crippen LogP contribution < -0.4 is 20.8 Å². The molecule has 206 valence electrons. The summed E-state index contributed by atoms with van der Waals surface area (Å²) in [6.45, 7) is 1.29. The van der Waals surface area contributed by atoms with Crippen molar-refractivity contribution in [3.63, 3.8) is 0 Å². The van der Waals surface area contributed by atoms with Gasteiger partial charge in [-0.05, 0) is 19.1 Å². The van der Waals surface area contributed by atoms with E-state index in [0.29, 0.717) is 34.0 Å². The maximum atomic E-state index is 13.0. The molecule has 0 aliphatic carbocycles. The summed E-state index contributed by atoms with van der Waals surface area (Å²) >= 11 is 0. The maximum absolute atomic E-state index is 13.0. The van der Waals surface area contributed by atoms with Crippen molar-refractivity contribution >= 4 is 5.82 Å². The monoisotopic (exact) mass is 545 g/mol. The number of aliphatic hydroxyl groups excluding tert-OH is 1. The number of nitrogens with two attached hydrogens (primary N) is 1. The summed E-state index contributed by atoms with van der Waals surface area (Å²) in [5.74, 6) is 0.977. The van der Waals surface area contributed by atoms with Gasteiger partial charge in [0.2, 0.25) is 0 Å². The highest BCUT2D eigenvalue weighted by atomic mass is 19.4. The van der Waals surface area contributed by atoms with Crippen LogP contribution in [0.15, 0.2) is 41.6 Å². The van der Waals surface area contributed by atoms with Gasteiger partial charge >= 0.3 is 6.18 Å². The quantitative estimate of drug-likeness (QED) is 0.342. The molecule has 39 heavy (non-hydrogen) atoms. The number of hydrogen-bond donors (Lipinski definition) is 2. The van der Waals surface area contributed by atoms with Gasteiger partial charge in [-0.2, -0.15) is 18.3 Å². The fourth-order valence-corrected chi connectivity index (χ4v) is 3.98. The molecule has 0 saturated carbocycles. The van der Waals surface area contributed by atoms with Gasteiger partial charge in [0.25, 0.3) is 5.56 Å². The van der Waals surface area contributed by atoms with Crippen molar-refractivity contribution in [2.75, 3.05) is 20.0 Å². The van der Waals surface area contributed by atoms with Crippen molar-refractivity contribution in [3.8, 4) is 45.4 Å². The molecule has 0 bridgehead atoms. The molecule has 0 fully saturated rings. The van der Waals surface area contributed by atoms with Gasteiger partial charge in [0.15, 0.2) is 5.82 Å². The van der Waals surface area contributed by atoms with E-state index < -0.39 is 18.7 Å². The van der Waals surface area contributed by atoms with Crippen LogP contribution in [-0.2, 0) is 13.6 Å². The number of aliphatic hydroxyl groups is 1. The van der Waals surface area contributed by atoms with Crippen molar-refractivity contribution in [2.24, 2.45) is 7.05 Å². The Morgan fingerprint density at radius 1 is 1.05 bits per heavy atom. The van der Waals surface area contributed by atoms with Crippen LogP contribution in [0, 0.1) is 6.92 Å². The minimum Gasteiger partial charge on any atom is -0.497 e. The molecule has 4 aromatic rings. The molecule has 3 N–H and O–H groups in total. The molecular formula is C25H26F3N7O4. The maximum Gasteiger partial charge on any atom is 0.391 e. The van der Waals surface area contributed by atoms with Crippen LogP contribution in [0.4, 0.5) is 19.0 Å². The van der Waals surface area contributed by atoms with E-state index in [4.69, 9.17) is 15.2 Å².